The SMILES string of the molecule is C.CC(C)(C)n1cnc2c(N)ncnc21.Cc1nc(N)c2ncn(C(C)(C)C)c2n1.Cc1nc(NCc2ccccc2)c2ncn(C(C)(C)C)c2n1.Cc1nc2c(ncn2C(C)(C)C)c(=O)[nH]1. The third-order valence-corrected chi connectivity index (χ3v) is 10.1. The van der Waals surface area contributed by atoms with E-state index in [0.29, 0.717) is 45.5 Å². The summed E-state index contributed by atoms with van der Waals surface area (Å²) in [7, 11) is 0. The summed E-state index contributed by atoms with van der Waals surface area (Å²) < 4.78 is 7.99. The van der Waals surface area contributed by atoms with Gasteiger partial charge in [0.25, 0.3) is 5.56 Å². The van der Waals surface area contributed by atoms with E-state index in [1.807, 2.05) is 72.8 Å². The molecule has 0 bridgehead atoms. The number of imidazole rings is 4. The van der Waals surface area contributed by atoms with Gasteiger partial charge >= 0.3 is 0 Å². The van der Waals surface area contributed by atoms with E-state index in [1.165, 1.54) is 11.9 Å². The summed E-state index contributed by atoms with van der Waals surface area (Å²) >= 11 is 0. The molecule has 1 aromatic carbocycles. The average molecular weight is 914 g/mol. The third kappa shape index (κ3) is 11.5. The molecule has 9 rings (SSSR count). The van der Waals surface area contributed by atoms with Crippen molar-refractivity contribution in [2.45, 2.75) is 140 Å². The quantitative estimate of drug-likeness (QED) is 0.131. The maximum absolute atomic E-state index is 11.6. The van der Waals surface area contributed by atoms with Crippen LogP contribution in [0.3, 0.4) is 0 Å². The fourth-order valence-electron chi connectivity index (χ4n) is 6.78. The van der Waals surface area contributed by atoms with Gasteiger partial charge < -0.3 is 40.0 Å². The molecule has 20 nitrogen and oxygen atoms in total. The molecule has 67 heavy (non-hydrogen) atoms. The van der Waals surface area contributed by atoms with Gasteiger partial charge in [0.1, 0.15) is 40.4 Å². The minimum atomic E-state index is -0.180. The predicted molar refractivity (Wildman–Crippen MR) is 268 cm³/mol. The second-order valence-electron chi connectivity index (χ2n) is 19.9. The zero-order valence-corrected chi connectivity index (χ0v) is 40.8. The van der Waals surface area contributed by atoms with Crippen molar-refractivity contribution in [3.05, 3.63) is 95.4 Å². The smallest absolute Gasteiger partial charge is 0.279 e. The number of nitrogens with one attached hydrogen (secondary N) is 2. The first-order valence-electron chi connectivity index (χ1n) is 21.6. The van der Waals surface area contributed by atoms with E-state index in [2.05, 4.69) is 144 Å². The van der Waals surface area contributed by atoms with Gasteiger partial charge in [-0.05, 0) is 109 Å². The Morgan fingerprint density at radius 2 is 0.955 bits per heavy atom. The van der Waals surface area contributed by atoms with Crippen molar-refractivity contribution in [1.29, 1.82) is 0 Å². The lowest BCUT2D eigenvalue weighted by molar-refractivity contribution is 0.405. The molecule has 8 heterocycles. The number of nitrogens with two attached hydrogens (primary N) is 2. The maximum atomic E-state index is 11.6. The molecule has 0 unspecified atom stereocenters. The molecule has 0 fully saturated rings. The summed E-state index contributed by atoms with van der Waals surface area (Å²) in [6.45, 7) is 31.4. The van der Waals surface area contributed by atoms with E-state index >= 15 is 0 Å². The number of rotatable bonds is 3. The average Bonchev–Trinajstić information content (AvgIpc) is 4.02. The van der Waals surface area contributed by atoms with Gasteiger partial charge in [0, 0.05) is 28.7 Å². The lowest BCUT2D eigenvalue weighted by atomic mass is 10.1. The largest absolute Gasteiger partial charge is 0.382 e. The van der Waals surface area contributed by atoms with Crippen molar-refractivity contribution >= 4 is 62.1 Å². The van der Waals surface area contributed by atoms with Gasteiger partial charge in [0.2, 0.25) is 0 Å². The molecule has 0 aliphatic heterocycles. The summed E-state index contributed by atoms with van der Waals surface area (Å²) in [6, 6.07) is 10.3. The Hall–Kier alpha value is -7.38. The van der Waals surface area contributed by atoms with E-state index in [4.69, 9.17) is 11.5 Å². The van der Waals surface area contributed by atoms with Crippen molar-refractivity contribution in [3.8, 4) is 0 Å². The van der Waals surface area contributed by atoms with E-state index < -0.39 is 0 Å². The number of nitrogen functional groups attached to an aromatic ring is 2. The first kappa shape index (κ1) is 50.6. The molecule has 0 spiro atoms. The van der Waals surface area contributed by atoms with Crippen LogP contribution in [-0.2, 0) is 28.7 Å². The molecule has 356 valence electrons. The fourth-order valence-corrected chi connectivity index (χ4v) is 6.78. The second kappa shape index (κ2) is 19.2. The Bertz CT molecular complexity index is 3160. The van der Waals surface area contributed by atoms with Crippen LogP contribution in [0, 0.1) is 20.8 Å². The van der Waals surface area contributed by atoms with Crippen LogP contribution in [0.1, 0.15) is 114 Å². The number of hydrogen-bond donors (Lipinski definition) is 4. The Morgan fingerprint density at radius 3 is 1.48 bits per heavy atom. The highest BCUT2D eigenvalue weighted by molar-refractivity contribution is 5.84. The van der Waals surface area contributed by atoms with Crippen molar-refractivity contribution < 1.29 is 0 Å². The molecule has 0 saturated carbocycles. The number of anilines is 3. The zero-order valence-electron chi connectivity index (χ0n) is 40.8. The number of aromatic nitrogens is 16. The van der Waals surface area contributed by atoms with E-state index in [-0.39, 0.29) is 35.1 Å². The van der Waals surface area contributed by atoms with Crippen LogP contribution in [0.4, 0.5) is 17.5 Å². The Labute approximate surface area is 391 Å². The van der Waals surface area contributed by atoms with Crippen LogP contribution in [-0.4, -0.2) is 78.1 Å². The highest BCUT2D eigenvalue weighted by Crippen LogP contribution is 2.26. The van der Waals surface area contributed by atoms with Crippen molar-refractivity contribution in [2.75, 3.05) is 16.8 Å². The van der Waals surface area contributed by atoms with Crippen molar-refractivity contribution in [3.63, 3.8) is 0 Å². The summed E-state index contributed by atoms with van der Waals surface area (Å²) in [4.78, 5) is 61.2. The number of hydrogen-bond acceptors (Lipinski definition) is 15. The fraction of sp³-hybridized carbons (Fsp3) is 0.447. The van der Waals surface area contributed by atoms with Gasteiger partial charge in [0.15, 0.2) is 45.6 Å². The molecule has 0 aliphatic carbocycles. The molecular formula is C47H67N19O. The molecule has 20 heteroatoms. The van der Waals surface area contributed by atoms with Crippen molar-refractivity contribution in [1.82, 2.24) is 78.1 Å². The van der Waals surface area contributed by atoms with Gasteiger partial charge in [-0.25, -0.2) is 54.8 Å². The molecular weight excluding hydrogens is 847 g/mol. The minimum Gasteiger partial charge on any atom is -0.382 e. The highest BCUT2D eigenvalue weighted by Gasteiger charge is 2.22. The number of aromatic amines is 1. The lowest BCUT2D eigenvalue weighted by Crippen LogP contribution is -2.22. The second-order valence-corrected chi connectivity index (χ2v) is 19.9. The van der Waals surface area contributed by atoms with Crippen LogP contribution in [0.2, 0.25) is 0 Å². The molecule has 0 amide bonds. The number of nitrogens with zero attached hydrogens (tertiary/aromatic N) is 15. The van der Waals surface area contributed by atoms with Crippen LogP contribution >= 0.6 is 0 Å². The molecule has 6 N–H and O–H groups in total. The maximum Gasteiger partial charge on any atom is 0.279 e. The van der Waals surface area contributed by atoms with Gasteiger partial charge in [-0.2, -0.15) is 0 Å². The summed E-state index contributed by atoms with van der Waals surface area (Å²) in [5, 5.41) is 3.38. The Balaban J connectivity index is 0.000000169. The number of fused-ring (bicyclic) bond motifs is 4. The molecule has 0 aliphatic rings. The molecule has 9 aromatic rings. The number of H-pyrrole nitrogens is 1. The standard InChI is InChI=1S/C17H21N5.C10H15N5.C10H14N4O.C9H13N5.CH4/c1-12-20-15(18-10-13-8-6-5-7-9-13)14-16(21-12)22(11-19-14)17(2,3)4;1-6-13-8(11)7-9(14-6)15(5-12-7)10(2,3)4;1-6-12-8-7(9(15)13-6)11-5-14(8)10(2,3)4;1-9(2,3)14-5-13-6-7(10)11-4-12-8(6)14;/h5-9,11H,10H2,1-4H3,(H,18,20,21);5H,1-4H3,(H2,11,13,14);5H,1-4H3,(H,12,13,15);4-5H,1-3H3,(H2,10,11,12);1H4. The van der Waals surface area contributed by atoms with Crippen LogP contribution in [0.25, 0.3) is 44.7 Å². The van der Waals surface area contributed by atoms with Gasteiger partial charge in [-0.15, -0.1) is 0 Å². The van der Waals surface area contributed by atoms with Gasteiger partial charge in [-0.3, -0.25) is 4.79 Å². The van der Waals surface area contributed by atoms with E-state index in [1.54, 1.807) is 25.9 Å². The first-order valence-corrected chi connectivity index (χ1v) is 21.6. The van der Waals surface area contributed by atoms with Crippen LogP contribution in [0.15, 0.2) is 66.8 Å². The van der Waals surface area contributed by atoms with Crippen LogP contribution < -0.4 is 22.3 Å². The summed E-state index contributed by atoms with van der Waals surface area (Å²) in [5.74, 6) is 3.69. The van der Waals surface area contributed by atoms with Crippen LogP contribution in [0.5, 0.6) is 0 Å². The number of benzene rings is 1. The Kier molecular flexibility index (Phi) is 14.5. The minimum absolute atomic E-state index is 0. The van der Waals surface area contributed by atoms with E-state index in [0.717, 1.165) is 40.6 Å². The monoisotopic (exact) mass is 914 g/mol. The summed E-state index contributed by atoms with van der Waals surface area (Å²) in [5.41, 5.74) is 17.9. The highest BCUT2D eigenvalue weighted by atomic mass is 16.1. The molecule has 0 radical (unpaired) electrons. The van der Waals surface area contributed by atoms with Gasteiger partial charge in [0.05, 0.1) is 25.3 Å². The molecule has 0 saturated heterocycles. The normalized spacial score (nSPS) is 11.9. The lowest BCUT2D eigenvalue weighted by Gasteiger charge is -2.21. The Morgan fingerprint density at radius 1 is 0.522 bits per heavy atom. The van der Waals surface area contributed by atoms with E-state index in [9.17, 15) is 4.79 Å². The predicted octanol–water partition coefficient (Wildman–Crippen LogP) is 7.96. The third-order valence-electron chi connectivity index (χ3n) is 10.1. The van der Waals surface area contributed by atoms with Gasteiger partial charge in [-0.1, -0.05) is 37.8 Å². The molecule has 0 atom stereocenters. The van der Waals surface area contributed by atoms with Crippen molar-refractivity contribution in [2.24, 2.45) is 0 Å². The molecule has 8 aromatic heterocycles. The number of aryl methyl sites for hydroxylation is 3. The topological polar surface area (TPSA) is 258 Å². The first-order chi connectivity index (χ1) is 30.7. The summed E-state index contributed by atoms with van der Waals surface area (Å²) in [6.07, 6.45) is 8.46. The zero-order chi connectivity index (χ0) is 48.5.